The summed E-state index contributed by atoms with van der Waals surface area (Å²) in [5.74, 6) is 0. The summed E-state index contributed by atoms with van der Waals surface area (Å²) in [6.45, 7) is 6.18. The van der Waals surface area contributed by atoms with E-state index in [9.17, 15) is 0 Å². The van der Waals surface area contributed by atoms with E-state index >= 15 is 0 Å². The van der Waals surface area contributed by atoms with Gasteiger partial charge in [-0.3, -0.25) is 0 Å². The van der Waals surface area contributed by atoms with Crippen LogP contribution in [-0.2, 0) is 0 Å². The molecule has 0 radical (unpaired) electrons. The zero-order chi connectivity index (χ0) is 17.5. The van der Waals surface area contributed by atoms with Gasteiger partial charge in [-0.1, -0.05) is 74.5 Å². The molecule has 0 heterocycles. The molecule has 0 fully saturated rings. The summed E-state index contributed by atoms with van der Waals surface area (Å²) in [4.78, 5) is 0. The molecule has 3 rings (SSSR count). The van der Waals surface area contributed by atoms with E-state index in [1.54, 1.807) is 0 Å². The Morgan fingerprint density at radius 3 is 1.64 bits per heavy atom. The largest absolute Gasteiger partial charge is 0.112 e. The summed E-state index contributed by atoms with van der Waals surface area (Å²) < 4.78 is 0. The van der Waals surface area contributed by atoms with Gasteiger partial charge in [0.15, 0.2) is 0 Å². The minimum Gasteiger partial charge on any atom is -0.0985 e. The Morgan fingerprint density at radius 2 is 1.20 bits per heavy atom. The Morgan fingerprint density at radius 1 is 0.720 bits per heavy atom. The van der Waals surface area contributed by atoms with Crippen molar-refractivity contribution in [2.24, 2.45) is 0 Å². The monoisotopic (exact) mass is 345 g/mol. The highest BCUT2D eigenvalue weighted by Crippen LogP contribution is 2.55. The molecule has 0 nitrogen and oxygen atoms in total. The molecule has 0 atom stereocenters. The highest BCUT2D eigenvalue weighted by Gasteiger charge is 2.44. The summed E-state index contributed by atoms with van der Waals surface area (Å²) in [5, 5.41) is 4.41. The molecule has 0 saturated carbocycles. The number of unbranched alkanes of at least 4 members (excludes halogenated alkanes) is 1. The molecular weight excluding hydrogens is 319 g/mol. The van der Waals surface area contributed by atoms with E-state index in [1.165, 1.54) is 40.5 Å². The first-order valence-electron chi connectivity index (χ1n) is 9.03. The Balaban J connectivity index is 2.25. The molecule has 0 amide bonds. The molecule has 3 aromatic carbocycles. The molecule has 0 aliphatic heterocycles. The molecule has 1 heteroatoms. The molecule has 0 N–H and O–H groups in total. The first kappa shape index (κ1) is 17.6. The number of hydrogen-bond acceptors (Lipinski definition) is 0. The van der Waals surface area contributed by atoms with Crippen molar-refractivity contribution >= 4 is 29.3 Å². The van der Waals surface area contributed by atoms with Crippen LogP contribution in [0.5, 0.6) is 0 Å². The van der Waals surface area contributed by atoms with Crippen molar-refractivity contribution in [3.05, 3.63) is 97.1 Å². The third-order valence-electron chi connectivity index (χ3n) is 4.81. The van der Waals surface area contributed by atoms with Crippen LogP contribution in [0.15, 0.2) is 91.5 Å². The van der Waals surface area contributed by atoms with E-state index in [4.69, 9.17) is 0 Å². The van der Waals surface area contributed by atoms with Crippen LogP contribution >= 0.6 is 7.26 Å². The number of hydrogen-bond donors (Lipinski definition) is 0. The van der Waals surface area contributed by atoms with Crippen LogP contribution in [0.1, 0.15) is 25.3 Å². The minimum atomic E-state index is -1.63. The van der Waals surface area contributed by atoms with Crippen molar-refractivity contribution in [2.45, 2.75) is 19.8 Å². The molecule has 126 valence electrons. The highest BCUT2D eigenvalue weighted by atomic mass is 31.2. The fourth-order valence-corrected chi connectivity index (χ4v) is 7.94. The van der Waals surface area contributed by atoms with Crippen LogP contribution in [0.3, 0.4) is 0 Å². The summed E-state index contributed by atoms with van der Waals surface area (Å²) in [7, 11) is -1.63. The van der Waals surface area contributed by atoms with Gasteiger partial charge in [-0.15, -0.1) is 0 Å². The molecule has 0 spiro atoms. The van der Waals surface area contributed by atoms with Crippen LogP contribution in [0.2, 0.25) is 0 Å². The Bertz CT molecular complexity index is 749. The smallest absolute Gasteiger partial charge is 0.0985 e. The van der Waals surface area contributed by atoms with Gasteiger partial charge in [0.2, 0.25) is 0 Å². The topological polar surface area (TPSA) is 0 Å². The number of benzene rings is 3. The normalized spacial score (nSPS) is 11.2. The van der Waals surface area contributed by atoms with Crippen molar-refractivity contribution < 1.29 is 0 Å². The molecule has 25 heavy (non-hydrogen) atoms. The summed E-state index contributed by atoms with van der Waals surface area (Å²) >= 11 is 0. The van der Waals surface area contributed by atoms with Gasteiger partial charge in [-0.2, -0.15) is 0 Å². The van der Waals surface area contributed by atoms with E-state index in [2.05, 4.69) is 98.4 Å². The number of rotatable bonds is 7. The molecule has 0 aliphatic carbocycles. The maximum atomic E-state index is 3.90. The fraction of sp³-hybridized carbons (Fsp3) is 0.167. The lowest BCUT2D eigenvalue weighted by atomic mass is 10.2. The second-order valence-electron chi connectivity index (χ2n) is 6.35. The minimum absolute atomic E-state index is 1.18. The second-order valence-corrected chi connectivity index (χ2v) is 9.97. The molecule has 0 saturated heterocycles. The first-order valence-corrected chi connectivity index (χ1v) is 11.0. The fourth-order valence-electron chi connectivity index (χ4n) is 3.46. The van der Waals surface area contributed by atoms with E-state index in [0.29, 0.717) is 0 Å². The van der Waals surface area contributed by atoms with Crippen molar-refractivity contribution in [3.63, 3.8) is 0 Å². The average Bonchev–Trinajstić information content (AvgIpc) is 2.71. The van der Waals surface area contributed by atoms with Crippen LogP contribution in [0.25, 0.3) is 6.08 Å². The predicted octanol–water partition coefficient (Wildman–Crippen LogP) is 5.42. The van der Waals surface area contributed by atoms with Gasteiger partial charge in [0, 0.05) is 0 Å². The molecule has 0 bridgehead atoms. The maximum absolute atomic E-state index is 3.90. The lowest BCUT2D eigenvalue weighted by Gasteiger charge is -2.27. The zero-order valence-electron chi connectivity index (χ0n) is 14.9. The van der Waals surface area contributed by atoms with Crippen molar-refractivity contribution in [1.29, 1.82) is 0 Å². The quantitative estimate of drug-likeness (QED) is 0.501. The van der Waals surface area contributed by atoms with Crippen molar-refractivity contribution in [3.8, 4) is 0 Å². The van der Waals surface area contributed by atoms with Crippen molar-refractivity contribution in [1.82, 2.24) is 0 Å². The van der Waals surface area contributed by atoms with E-state index in [-0.39, 0.29) is 0 Å². The first-order chi connectivity index (χ1) is 12.3. The Hall–Kier alpha value is -2.17. The second kappa shape index (κ2) is 8.28. The Labute approximate surface area is 152 Å². The third-order valence-corrected chi connectivity index (χ3v) is 9.34. The van der Waals surface area contributed by atoms with Crippen molar-refractivity contribution in [2.75, 3.05) is 6.16 Å². The maximum Gasteiger partial charge on any atom is 0.112 e. The van der Waals surface area contributed by atoms with Crippen LogP contribution in [0, 0.1) is 0 Å². The predicted molar refractivity (Wildman–Crippen MR) is 115 cm³/mol. The zero-order valence-corrected chi connectivity index (χ0v) is 15.8. The standard InChI is InChI=1S/C24H26P/c1-3-5-20-25(22-12-8-6-9-13-22,23-14-10-7-11-15-23)24-18-16-21(4-2)17-19-24/h4,6-19H,2-3,5,20H2,1H3/q+1. The van der Waals surface area contributed by atoms with Gasteiger partial charge < -0.3 is 0 Å². The van der Waals surface area contributed by atoms with Gasteiger partial charge in [0.05, 0.1) is 6.16 Å². The SMILES string of the molecule is C=Cc1ccc([P+](CCCC)(c2ccccc2)c2ccccc2)cc1. The van der Waals surface area contributed by atoms with Crippen LogP contribution in [0.4, 0.5) is 0 Å². The van der Waals surface area contributed by atoms with Crippen LogP contribution in [-0.4, -0.2) is 6.16 Å². The van der Waals surface area contributed by atoms with Gasteiger partial charge in [-0.05, 0) is 48.4 Å². The van der Waals surface area contributed by atoms with Gasteiger partial charge in [-0.25, -0.2) is 0 Å². The lowest BCUT2D eigenvalue weighted by molar-refractivity contribution is 0.891. The van der Waals surface area contributed by atoms with E-state index < -0.39 is 7.26 Å². The third kappa shape index (κ3) is 3.60. The molecule has 3 aromatic rings. The van der Waals surface area contributed by atoms with Gasteiger partial charge >= 0.3 is 0 Å². The van der Waals surface area contributed by atoms with Gasteiger partial charge in [0.25, 0.3) is 0 Å². The summed E-state index contributed by atoms with van der Waals surface area (Å²) in [6, 6.07) is 31.3. The summed E-state index contributed by atoms with van der Waals surface area (Å²) in [5.41, 5.74) is 1.18. The molecule has 0 aromatic heterocycles. The molecule has 0 aliphatic rings. The Kier molecular flexibility index (Phi) is 5.84. The van der Waals surface area contributed by atoms with Crippen LogP contribution < -0.4 is 15.9 Å². The van der Waals surface area contributed by atoms with Gasteiger partial charge in [0.1, 0.15) is 23.2 Å². The lowest BCUT2D eigenvalue weighted by Crippen LogP contribution is -2.33. The highest BCUT2D eigenvalue weighted by molar-refractivity contribution is 7.95. The molecule has 0 unspecified atom stereocenters. The van der Waals surface area contributed by atoms with E-state index in [0.717, 1.165) is 0 Å². The molecular formula is C24H26P+. The average molecular weight is 345 g/mol. The van der Waals surface area contributed by atoms with E-state index in [1.807, 2.05) is 6.08 Å². The summed E-state index contributed by atoms with van der Waals surface area (Å²) in [6.07, 6.45) is 5.58.